The Labute approximate surface area is 92.4 Å². The molecule has 2 unspecified atom stereocenters. The molecule has 0 saturated carbocycles. The summed E-state index contributed by atoms with van der Waals surface area (Å²) < 4.78 is 5.00. The minimum atomic E-state index is 0.226. The molecule has 2 atom stereocenters. The third kappa shape index (κ3) is 6.65. The first-order chi connectivity index (χ1) is 6.61. The van der Waals surface area contributed by atoms with Gasteiger partial charge in [0.15, 0.2) is 0 Å². The van der Waals surface area contributed by atoms with E-state index in [1.807, 2.05) is 11.8 Å². The molecular formula is C10H24N2OS. The van der Waals surface area contributed by atoms with Crippen LogP contribution in [0.5, 0.6) is 0 Å². The second-order valence-electron chi connectivity index (χ2n) is 3.79. The molecule has 0 rings (SSSR count). The fraction of sp³-hybridized carbons (Fsp3) is 1.00. The number of nitrogens with two attached hydrogens (primary N) is 1. The van der Waals surface area contributed by atoms with Crippen LogP contribution in [-0.4, -0.2) is 56.3 Å². The third-order valence-corrected chi connectivity index (χ3v) is 3.19. The van der Waals surface area contributed by atoms with Crippen LogP contribution in [0.3, 0.4) is 0 Å². The van der Waals surface area contributed by atoms with Gasteiger partial charge in [0.05, 0.1) is 0 Å². The molecule has 0 aliphatic rings. The van der Waals surface area contributed by atoms with Gasteiger partial charge in [0.2, 0.25) is 0 Å². The fourth-order valence-corrected chi connectivity index (χ4v) is 2.02. The average Bonchev–Trinajstić information content (AvgIpc) is 2.15. The third-order valence-electron chi connectivity index (χ3n) is 2.38. The van der Waals surface area contributed by atoms with E-state index in [0.717, 1.165) is 25.3 Å². The Balaban J connectivity index is 3.63. The van der Waals surface area contributed by atoms with Crippen LogP contribution < -0.4 is 5.73 Å². The molecular weight excluding hydrogens is 196 g/mol. The van der Waals surface area contributed by atoms with E-state index in [2.05, 4.69) is 25.1 Å². The minimum absolute atomic E-state index is 0.226. The zero-order chi connectivity index (χ0) is 11.0. The van der Waals surface area contributed by atoms with Crippen LogP contribution in [0.2, 0.25) is 0 Å². The van der Waals surface area contributed by atoms with E-state index in [1.54, 1.807) is 7.11 Å². The topological polar surface area (TPSA) is 38.5 Å². The van der Waals surface area contributed by atoms with Crippen molar-refractivity contribution in [3.8, 4) is 0 Å². The van der Waals surface area contributed by atoms with Crippen LogP contribution in [0.15, 0.2) is 0 Å². The van der Waals surface area contributed by atoms with Gasteiger partial charge >= 0.3 is 0 Å². The molecule has 4 heteroatoms. The lowest BCUT2D eigenvalue weighted by Gasteiger charge is -2.26. The fourth-order valence-electron chi connectivity index (χ4n) is 1.28. The van der Waals surface area contributed by atoms with Crippen LogP contribution in [0.4, 0.5) is 0 Å². The number of ether oxygens (including phenoxy) is 1. The van der Waals surface area contributed by atoms with Gasteiger partial charge in [-0.25, -0.2) is 0 Å². The molecule has 0 aromatic heterocycles. The van der Waals surface area contributed by atoms with Crippen LogP contribution in [-0.2, 0) is 4.74 Å². The first-order valence-electron chi connectivity index (χ1n) is 5.05. The standard InChI is InChI=1S/C10H24N2OS/c1-9(8-14-4)12(2)7-10(11)5-6-13-3/h9-10H,5-8,11H2,1-4H3. The second kappa shape index (κ2) is 8.53. The summed E-state index contributed by atoms with van der Waals surface area (Å²) in [4.78, 5) is 2.32. The monoisotopic (exact) mass is 220 g/mol. The molecule has 0 aliphatic carbocycles. The van der Waals surface area contributed by atoms with Crippen LogP contribution >= 0.6 is 11.8 Å². The summed E-state index contributed by atoms with van der Waals surface area (Å²) in [6, 6.07) is 0.822. The van der Waals surface area contributed by atoms with Gasteiger partial charge in [-0.3, -0.25) is 0 Å². The summed E-state index contributed by atoms with van der Waals surface area (Å²) in [5, 5.41) is 0. The van der Waals surface area contributed by atoms with Crippen molar-refractivity contribution >= 4 is 11.8 Å². The molecule has 0 aliphatic heterocycles. The molecule has 0 bridgehead atoms. The Morgan fingerprint density at radius 3 is 2.64 bits per heavy atom. The Morgan fingerprint density at radius 1 is 1.50 bits per heavy atom. The first kappa shape index (κ1) is 14.2. The minimum Gasteiger partial charge on any atom is -0.385 e. The van der Waals surface area contributed by atoms with Crippen LogP contribution in [0.1, 0.15) is 13.3 Å². The van der Waals surface area contributed by atoms with Crippen molar-refractivity contribution in [3.05, 3.63) is 0 Å². The number of likely N-dealkylation sites (N-methyl/N-ethyl adjacent to an activating group) is 1. The molecule has 0 saturated heterocycles. The van der Waals surface area contributed by atoms with Gasteiger partial charge in [-0.15, -0.1) is 0 Å². The number of hydrogen-bond donors (Lipinski definition) is 1. The maximum absolute atomic E-state index is 5.97. The largest absolute Gasteiger partial charge is 0.385 e. The Kier molecular flexibility index (Phi) is 8.67. The zero-order valence-corrected chi connectivity index (χ0v) is 10.6. The highest BCUT2D eigenvalue weighted by molar-refractivity contribution is 7.98. The van der Waals surface area contributed by atoms with Crippen molar-refractivity contribution < 1.29 is 4.74 Å². The highest BCUT2D eigenvalue weighted by Crippen LogP contribution is 2.04. The maximum atomic E-state index is 5.97. The van der Waals surface area contributed by atoms with Crippen molar-refractivity contribution in [1.29, 1.82) is 0 Å². The van der Waals surface area contributed by atoms with Crippen molar-refractivity contribution in [2.75, 3.05) is 39.3 Å². The maximum Gasteiger partial charge on any atom is 0.0477 e. The van der Waals surface area contributed by atoms with Crippen LogP contribution in [0, 0.1) is 0 Å². The van der Waals surface area contributed by atoms with E-state index in [-0.39, 0.29) is 6.04 Å². The van der Waals surface area contributed by atoms with Gasteiger partial charge in [-0.1, -0.05) is 0 Å². The molecule has 0 radical (unpaired) electrons. The molecule has 2 N–H and O–H groups in total. The van der Waals surface area contributed by atoms with Crippen molar-refractivity contribution in [2.24, 2.45) is 5.73 Å². The summed E-state index contributed by atoms with van der Waals surface area (Å²) in [6.45, 7) is 3.94. The molecule has 14 heavy (non-hydrogen) atoms. The predicted octanol–water partition coefficient (Wildman–Crippen LogP) is 1.03. The molecule has 0 heterocycles. The normalized spacial score (nSPS) is 15.9. The number of methoxy groups -OCH3 is 1. The van der Waals surface area contributed by atoms with Gasteiger partial charge in [-0.2, -0.15) is 11.8 Å². The summed E-state index contributed by atoms with van der Waals surface area (Å²) in [5.41, 5.74) is 5.97. The van der Waals surface area contributed by atoms with E-state index in [4.69, 9.17) is 10.5 Å². The van der Waals surface area contributed by atoms with Crippen molar-refractivity contribution in [1.82, 2.24) is 4.90 Å². The van der Waals surface area contributed by atoms with E-state index < -0.39 is 0 Å². The van der Waals surface area contributed by atoms with Gasteiger partial charge < -0.3 is 15.4 Å². The number of thioether (sulfide) groups is 1. The molecule has 3 nitrogen and oxygen atoms in total. The van der Waals surface area contributed by atoms with Gasteiger partial charge in [0.1, 0.15) is 0 Å². The quantitative estimate of drug-likeness (QED) is 0.663. The van der Waals surface area contributed by atoms with Crippen molar-refractivity contribution in [2.45, 2.75) is 25.4 Å². The van der Waals surface area contributed by atoms with Gasteiger partial charge in [0.25, 0.3) is 0 Å². The summed E-state index contributed by atoms with van der Waals surface area (Å²) in [7, 11) is 3.85. The Morgan fingerprint density at radius 2 is 2.14 bits per heavy atom. The van der Waals surface area contributed by atoms with E-state index >= 15 is 0 Å². The summed E-state index contributed by atoms with van der Waals surface area (Å²) in [6.07, 6.45) is 3.07. The predicted molar refractivity (Wildman–Crippen MR) is 64.9 cm³/mol. The lowest BCUT2D eigenvalue weighted by Crippen LogP contribution is -2.41. The lowest BCUT2D eigenvalue weighted by molar-refractivity contribution is 0.175. The van der Waals surface area contributed by atoms with E-state index in [1.165, 1.54) is 0 Å². The lowest BCUT2D eigenvalue weighted by atomic mass is 10.2. The Bertz CT molecular complexity index is 135. The zero-order valence-electron chi connectivity index (χ0n) is 9.82. The molecule has 0 aromatic carbocycles. The number of hydrogen-bond acceptors (Lipinski definition) is 4. The Hall–Kier alpha value is 0.230. The first-order valence-corrected chi connectivity index (χ1v) is 6.44. The number of rotatable bonds is 8. The SMILES string of the molecule is COCCC(N)CN(C)C(C)CSC. The van der Waals surface area contributed by atoms with Gasteiger partial charge in [0, 0.05) is 38.1 Å². The average molecular weight is 220 g/mol. The smallest absolute Gasteiger partial charge is 0.0477 e. The van der Waals surface area contributed by atoms with Gasteiger partial charge in [-0.05, 0) is 26.6 Å². The molecule has 0 aromatic rings. The summed E-state index contributed by atoms with van der Waals surface area (Å²) in [5.74, 6) is 1.16. The van der Waals surface area contributed by atoms with Crippen molar-refractivity contribution in [3.63, 3.8) is 0 Å². The van der Waals surface area contributed by atoms with Crippen LogP contribution in [0.25, 0.3) is 0 Å². The molecule has 86 valence electrons. The highest BCUT2D eigenvalue weighted by atomic mass is 32.2. The van der Waals surface area contributed by atoms with E-state index in [0.29, 0.717) is 6.04 Å². The second-order valence-corrected chi connectivity index (χ2v) is 4.70. The molecule has 0 amide bonds. The molecule has 0 spiro atoms. The number of nitrogens with zero attached hydrogens (tertiary/aromatic N) is 1. The van der Waals surface area contributed by atoms with E-state index in [9.17, 15) is 0 Å². The summed E-state index contributed by atoms with van der Waals surface area (Å²) >= 11 is 1.88. The highest BCUT2D eigenvalue weighted by Gasteiger charge is 2.11. The molecule has 0 fully saturated rings.